The second-order valence-electron chi connectivity index (χ2n) is 3.45. The summed E-state index contributed by atoms with van der Waals surface area (Å²) >= 11 is 0. The molecule has 0 amide bonds. The minimum atomic E-state index is -0.711. The number of hydrogen-bond donors (Lipinski definition) is 3. The molecule has 5 heteroatoms. The van der Waals surface area contributed by atoms with Crippen LogP contribution in [-0.4, -0.2) is 40.3 Å². The number of aliphatic hydroxyl groups is 2. The number of carbonyl (C=O) groups excluding carboxylic acids is 1. The smallest absolute Gasteiger partial charge is 0.303 e. The van der Waals surface area contributed by atoms with Gasteiger partial charge in [-0.05, 0) is 33.6 Å². The molecule has 0 unspecified atom stereocenters. The van der Waals surface area contributed by atoms with Crippen molar-refractivity contribution >= 4 is 11.8 Å². The van der Waals surface area contributed by atoms with Gasteiger partial charge in [0.2, 0.25) is 0 Å². The number of aliphatic carboxylic acids is 1. The van der Waals surface area contributed by atoms with E-state index < -0.39 is 5.97 Å². The zero-order valence-corrected chi connectivity index (χ0v) is 12.4. The van der Waals surface area contributed by atoms with E-state index in [1.54, 1.807) is 6.92 Å². The summed E-state index contributed by atoms with van der Waals surface area (Å²) in [4.78, 5) is 19.0. The summed E-state index contributed by atoms with van der Waals surface area (Å²) in [6.07, 6.45) is 3.06. The van der Waals surface area contributed by atoms with Crippen molar-refractivity contribution in [2.75, 3.05) is 13.2 Å². The molecule has 5 nitrogen and oxygen atoms in total. The number of Topliss-reactive ketones (excluding diaryl/α,β-unsaturated/α-hetero) is 1. The Morgan fingerprint density at radius 3 is 1.28 bits per heavy atom. The highest BCUT2D eigenvalue weighted by atomic mass is 16.4. The van der Waals surface area contributed by atoms with Crippen LogP contribution in [0, 0.1) is 0 Å². The molecule has 0 aliphatic heterocycles. The third-order valence-corrected chi connectivity index (χ3v) is 0.976. The van der Waals surface area contributed by atoms with Gasteiger partial charge < -0.3 is 20.1 Å². The molecule has 0 aliphatic rings. The molecule has 0 rings (SSSR count). The van der Waals surface area contributed by atoms with Crippen LogP contribution in [0.3, 0.4) is 0 Å². The molecule has 0 radical (unpaired) electrons. The van der Waals surface area contributed by atoms with Crippen LogP contribution >= 0.6 is 0 Å². The summed E-state index contributed by atoms with van der Waals surface area (Å²) in [6.45, 7) is 9.22. The van der Waals surface area contributed by atoms with Gasteiger partial charge in [-0.1, -0.05) is 20.3 Å². The maximum atomic E-state index is 9.60. The monoisotopic (exact) mass is 266 g/mol. The third kappa shape index (κ3) is 181. The van der Waals surface area contributed by atoms with Gasteiger partial charge in [0.15, 0.2) is 0 Å². The van der Waals surface area contributed by atoms with Crippen molar-refractivity contribution in [2.45, 2.75) is 60.3 Å². The van der Waals surface area contributed by atoms with Gasteiger partial charge in [-0.2, -0.15) is 0 Å². The Kier molecular flexibility index (Phi) is 42.7. The number of rotatable bonds is 4. The first kappa shape index (κ1) is 25.8. The van der Waals surface area contributed by atoms with E-state index in [0.717, 1.165) is 19.3 Å². The number of carboxylic acid groups (broad SMARTS) is 1. The lowest BCUT2D eigenvalue weighted by molar-refractivity contribution is -0.137. The molecule has 112 valence electrons. The summed E-state index contributed by atoms with van der Waals surface area (Å²) in [5.41, 5.74) is 0. The van der Waals surface area contributed by atoms with Crippen LogP contribution in [0.5, 0.6) is 0 Å². The van der Waals surface area contributed by atoms with Crippen molar-refractivity contribution in [1.82, 2.24) is 0 Å². The van der Waals surface area contributed by atoms with Crippen LogP contribution in [0.25, 0.3) is 0 Å². The predicted molar refractivity (Wildman–Crippen MR) is 73.7 cm³/mol. The molecular weight excluding hydrogens is 236 g/mol. The van der Waals surface area contributed by atoms with Gasteiger partial charge in [-0.3, -0.25) is 4.79 Å². The number of ketones is 1. The first-order valence-electron chi connectivity index (χ1n) is 6.24. The topological polar surface area (TPSA) is 94.8 Å². The number of carbonyl (C=O) groups is 2. The van der Waals surface area contributed by atoms with Crippen LogP contribution in [0.2, 0.25) is 0 Å². The summed E-state index contributed by atoms with van der Waals surface area (Å²) < 4.78 is 0. The first-order valence-corrected chi connectivity index (χ1v) is 6.24. The van der Waals surface area contributed by atoms with E-state index in [4.69, 9.17) is 15.3 Å². The highest BCUT2D eigenvalue weighted by Crippen LogP contribution is 1.82. The van der Waals surface area contributed by atoms with Crippen LogP contribution in [0.1, 0.15) is 60.3 Å². The van der Waals surface area contributed by atoms with Gasteiger partial charge in [0.1, 0.15) is 5.78 Å². The molecule has 0 fully saturated rings. The van der Waals surface area contributed by atoms with Crippen molar-refractivity contribution < 1.29 is 24.9 Å². The Bertz CT molecular complexity index is 151. The largest absolute Gasteiger partial charge is 0.481 e. The lowest BCUT2D eigenvalue weighted by Gasteiger charge is -1.79. The van der Waals surface area contributed by atoms with Crippen molar-refractivity contribution in [3.05, 3.63) is 0 Å². The fourth-order valence-corrected chi connectivity index (χ4v) is 0.372. The van der Waals surface area contributed by atoms with E-state index in [-0.39, 0.29) is 12.4 Å². The van der Waals surface area contributed by atoms with Gasteiger partial charge in [0, 0.05) is 19.6 Å². The van der Waals surface area contributed by atoms with E-state index in [9.17, 15) is 9.59 Å². The molecule has 3 N–H and O–H groups in total. The third-order valence-electron chi connectivity index (χ3n) is 0.976. The van der Waals surface area contributed by atoms with Crippen LogP contribution < -0.4 is 0 Å². The highest BCUT2D eigenvalue weighted by Gasteiger charge is 1.87. The molecule has 0 bridgehead atoms. The number of unbranched alkanes of at least 4 members (excludes halogenated alkanes) is 1. The Labute approximate surface area is 111 Å². The van der Waals surface area contributed by atoms with Crippen molar-refractivity contribution in [3.8, 4) is 0 Å². The fraction of sp³-hybridized carbons (Fsp3) is 0.846. The van der Waals surface area contributed by atoms with E-state index in [1.165, 1.54) is 13.8 Å². The van der Waals surface area contributed by atoms with Crippen molar-refractivity contribution in [3.63, 3.8) is 0 Å². The first-order chi connectivity index (χ1) is 8.33. The van der Waals surface area contributed by atoms with Gasteiger partial charge in [0.25, 0.3) is 0 Å². The van der Waals surface area contributed by atoms with Crippen molar-refractivity contribution in [1.29, 1.82) is 0 Å². The standard InChI is InChI=1S/C4H8O2.C4H10O.C3H6O.C2H6O/c1-2-3-4(5)6;1-2-3-4-5;1-3(2)4;1-2-3/h2-3H2,1H3,(H,5,6);5H,2-4H2,1H3;1-2H3;3H,2H2,1H3. The summed E-state index contributed by atoms with van der Waals surface area (Å²) in [5, 5.41) is 23.5. The lowest BCUT2D eigenvalue weighted by atomic mass is 10.4. The second-order valence-corrected chi connectivity index (χ2v) is 3.45. The van der Waals surface area contributed by atoms with Crippen LogP contribution in [0.15, 0.2) is 0 Å². The van der Waals surface area contributed by atoms with Gasteiger partial charge >= 0.3 is 5.97 Å². The molecule has 0 aromatic rings. The van der Waals surface area contributed by atoms with Crippen LogP contribution in [-0.2, 0) is 9.59 Å². The average molecular weight is 266 g/mol. The lowest BCUT2D eigenvalue weighted by Crippen LogP contribution is -1.90. The van der Waals surface area contributed by atoms with E-state index >= 15 is 0 Å². The normalized spacial score (nSPS) is 7.50. The van der Waals surface area contributed by atoms with E-state index in [0.29, 0.717) is 13.0 Å². The molecule has 0 aromatic carbocycles. The van der Waals surface area contributed by atoms with E-state index in [1.807, 2.05) is 6.92 Å². The maximum absolute atomic E-state index is 9.60. The average Bonchev–Trinajstić information content (AvgIpc) is 2.19. The van der Waals surface area contributed by atoms with Gasteiger partial charge in [0.05, 0.1) is 0 Å². The molecule has 0 saturated carbocycles. The predicted octanol–water partition coefficient (Wildman–Crippen LogP) is 2.24. The van der Waals surface area contributed by atoms with Gasteiger partial charge in [-0.25, -0.2) is 0 Å². The SMILES string of the molecule is CC(C)=O.CCCC(=O)O.CCCCO.CCO. The molecule has 0 aliphatic carbocycles. The number of carboxylic acids is 1. The fourth-order valence-electron chi connectivity index (χ4n) is 0.372. The molecule has 0 spiro atoms. The maximum Gasteiger partial charge on any atom is 0.303 e. The Hall–Kier alpha value is -0.940. The minimum Gasteiger partial charge on any atom is -0.481 e. The molecule has 0 saturated heterocycles. The summed E-state index contributed by atoms with van der Waals surface area (Å²) in [5.74, 6) is -0.544. The number of hydrogen-bond acceptors (Lipinski definition) is 4. The number of aliphatic hydroxyl groups excluding tert-OH is 2. The highest BCUT2D eigenvalue weighted by molar-refractivity contribution is 5.72. The van der Waals surface area contributed by atoms with Crippen LogP contribution in [0.4, 0.5) is 0 Å². The Balaban J connectivity index is -0.0000000750. The Morgan fingerprint density at radius 2 is 1.28 bits per heavy atom. The minimum absolute atomic E-state index is 0.167. The van der Waals surface area contributed by atoms with Gasteiger partial charge in [-0.15, -0.1) is 0 Å². The zero-order chi connectivity index (χ0) is 15.4. The molecule has 0 aromatic heterocycles. The summed E-state index contributed by atoms with van der Waals surface area (Å²) in [7, 11) is 0. The van der Waals surface area contributed by atoms with Crippen molar-refractivity contribution in [2.24, 2.45) is 0 Å². The molecule has 18 heavy (non-hydrogen) atoms. The molecule has 0 atom stereocenters. The second kappa shape index (κ2) is 29.8. The van der Waals surface area contributed by atoms with E-state index in [2.05, 4.69) is 6.92 Å². The molecular formula is C13H30O5. The molecule has 0 heterocycles. The zero-order valence-electron chi connectivity index (χ0n) is 12.4. The Morgan fingerprint density at radius 1 is 0.944 bits per heavy atom. The summed E-state index contributed by atoms with van der Waals surface area (Å²) in [6, 6.07) is 0. The quantitative estimate of drug-likeness (QED) is 0.725.